The smallest absolute Gasteiger partial charge is 0.344 e. The summed E-state index contributed by atoms with van der Waals surface area (Å²) in [6.07, 6.45) is 1.09. The number of hydrogen-bond acceptors (Lipinski definition) is 8. The van der Waals surface area contributed by atoms with E-state index in [-0.39, 0.29) is 19.1 Å². The predicted octanol–water partition coefficient (Wildman–Crippen LogP) is 1.69. The van der Waals surface area contributed by atoms with E-state index >= 15 is 0 Å². The second kappa shape index (κ2) is 9.69. The van der Waals surface area contributed by atoms with Crippen molar-refractivity contribution in [2.45, 2.75) is 13.1 Å². The molecule has 4 rings (SSSR count). The molecule has 2 heterocycles. The summed E-state index contributed by atoms with van der Waals surface area (Å²) in [5, 5.41) is 11.0. The van der Waals surface area contributed by atoms with Gasteiger partial charge >= 0.3 is 5.97 Å². The standard InChI is InChI=1S/C23H22N4O4S/c1-3-13-32-23-25-22(29)20-15-9-5-7-11-17(15)24-21(27(20)26-23)16-10-6-8-12-18(16)31-14-19(28)30-4-2/h3,5-12,21H,1,4,13-14H2,2H3,(H,25,26,29)/t21-/m1/s1. The second-order valence-electron chi connectivity index (χ2n) is 6.80. The van der Waals surface area contributed by atoms with Gasteiger partial charge in [-0.05, 0) is 19.1 Å². The van der Waals surface area contributed by atoms with Gasteiger partial charge in [-0.2, -0.15) is 0 Å². The largest absolute Gasteiger partial charge is 0.481 e. The van der Waals surface area contributed by atoms with E-state index in [9.17, 15) is 9.59 Å². The normalized spacial score (nSPS) is 16.7. The third-order valence-corrected chi connectivity index (χ3v) is 5.56. The highest BCUT2D eigenvalue weighted by Crippen LogP contribution is 2.35. The SMILES string of the molecule is C=CCSC1=NN2C(=c3ccccc3=N[C@H]2c2ccccc2OCC(=O)OCC)C(=O)N1. The van der Waals surface area contributed by atoms with Crippen molar-refractivity contribution >= 4 is 34.5 Å². The monoisotopic (exact) mass is 450 g/mol. The average molecular weight is 451 g/mol. The number of carbonyl (C=O) groups excluding carboxylic acids is 2. The van der Waals surface area contributed by atoms with Crippen molar-refractivity contribution in [3.05, 3.63) is 77.3 Å². The summed E-state index contributed by atoms with van der Waals surface area (Å²) in [6.45, 7) is 5.51. The van der Waals surface area contributed by atoms with E-state index in [2.05, 4.69) is 17.0 Å². The molecule has 0 saturated carbocycles. The van der Waals surface area contributed by atoms with E-state index in [0.29, 0.717) is 38.5 Å². The Morgan fingerprint density at radius 2 is 2.03 bits per heavy atom. The van der Waals surface area contributed by atoms with E-state index in [1.165, 1.54) is 11.8 Å². The van der Waals surface area contributed by atoms with Gasteiger partial charge in [0.05, 0.1) is 12.0 Å². The van der Waals surface area contributed by atoms with Gasteiger partial charge in [-0.1, -0.05) is 54.2 Å². The van der Waals surface area contributed by atoms with Gasteiger partial charge in [0.25, 0.3) is 5.91 Å². The van der Waals surface area contributed by atoms with Crippen LogP contribution in [0.3, 0.4) is 0 Å². The molecule has 32 heavy (non-hydrogen) atoms. The molecule has 1 N–H and O–H groups in total. The van der Waals surface area contributed by atoms with Gasteiger partial charge in [0, 0.05) is 16.5 Å². The molecular formula is C23H22N4O4S. The van der Waals surface area contributed by atoms with Crippen molar-refractivity contribution in [3.8, 4) is 5.75 Å². The molecule has 164 valence electrons. The summed E-state index contributed by atoms with van der Waals surface area (Å²) in [4.78, 5) is 29.7. The number of esters is 1. The zero-order valence-electron chi connectivity index (χ0n) is 17.5. The Balaban J connectivity index is 1.79. The first kappa shape index (κ1) is 21.6. The number of thioether (sulfide) groups is 1. The Bertz CT molecular complexity index is 1210. The molecule has 0 aromatic heterocycles. The molecule has 9 heteroatoms. The molecule has 0 aliphatic carbocycles. The highest BCUT2D eigenvalue weighted by molar-refractivity contribution is 8.14. The average Bonchev–Trinajstić information content (AvgIpc) is 2.81. The summed E-state index contributed by atoms with van der Waals surface area (Å²) in [6, 6.07) is 14.7. The third kappa shape index (κ3) is 4.38. The minimum Gasteiger partial charge on any atom is -0.481 e. The molecule has 1 amide bonds. The minimum absolute atomic E-state index is 0.227. The first-order valence-corrected chi connectivity index (χ1v) is 11.1. The molecule has 2 aromatic rings. The molecule has 0 fully saturated rings. The molecule has 0 radical (unpaired) electrons. The Morgan fingerprint density at radius 3 is 2.84 bits per heavy atom. The van der Waals surface area contributed by atoms with Crippen LogP contribution in [0.15, 0.2) is 71.3 Å². The summed E-state index contributed by atoms with van der Waals surface area (Å²) in [5.41, 5.74) is 1.08. The van der Waals surface area contributed by atoms with E-state index in [1.54, 1.807) is 24.1 Å². The lowest BCUT2D eigenvalue weighted by molar-refractivity contribution is -0.145. The van der Waals surface area contributed by atoms with Crippen LogP contribution in [0.4, 0.5) is 0 Å². The first-order chi connectivity index (χ1) is 15.6. The summed E-state index contributed by atoms with van der Waals surface area (Å²) in [7, 11) is 0. The van der Waals surface area contributed by atoms with Crippen molar-refractivity contribution < 1.29 is 19.1 Å². The lowest BCUT2D eigenvalue weighted by Crippen LogP contribution is -2.50. The van der Waals surface area contributed by atoms with Gasteiger partial charge in [0.2, 0.25) is 0 Å². The summed E-state index contributed by atoms with van der Waals surface area (Å²) >= 11 is 1.37. The molecule has 0 unspecified atom stereocenters. The van der Waals surface area contributed by atoms with Gasteiger partial charge < -0.3 is 9.47 Å². The number of hydrogen-bond donors (Lipinski definition) is 1. The molecule has 0 spiro atoms. The van der Waals surface area contributed by atoms with Crippen LogP contribution in [0.2, 0.25) is 0 Å². The van der Waals surface area contributed by atoms with Crippen molar-refractivity contribution in [3.63, 3.8) is 0 Å². The van der Waals surface area contributed by atoms with Crippen LogP contribution in [0.5, 0.6) is 5.75 Å². The number of nitrogens with one attached hydrogen (secondary N) is 1. The number of rotatable bonds is 7. The number of nitrogens with zero attached hydrogens (tertiary/aromatic N) is 3. The second-order valence-corrected chi connectivity index (χ2v) is 7.81. The Morgan fingerprint density at radius 1 is 1.25 bits per heavy atom. The van der Waals surface area contributed by atoms with E-state index in [4.69, 9.17) is 14.5 Å². The maximum absolute atomic E-state index is 13.1. The lowest BCUT2D eigenvalue weighted by Gasteiger charge is -2.34. The fourth-order valence-corrected chi connectivity index (χ4v) is 3.98. The third-order valence-electron chi connectivity index (χ3n) is 4.70. The van der Waals surface area contributed by atoms with Crippen LogP contribution < -0.4 is 20.6 Å². The van der Waals surface area contributed by atoms with Crippen LogP contribution in [-0.2, 0) is 14.3 Å². The lowest BCUT2D eigenvalue weighted by atomic mass is 10.1. The van der Waals surface area contributed by atoms with Crippen LogP contribution in [0.25, 0.3) is 5.70 Å². The number of amides is 1. The minimum atomic E-state index is -0.649. The van der Waals surface area contributed by atoms with Crippen molar-refractivity contribution in [2.24, 2.45) is 10.1 Å². The number of benzene rings is 2. The molecule has 8 nitrogen and oxygen atoms in total. The van der Waals surface area contributed by atoms with E-state index in [0.717, 1.165) is 0 Å². The van der Waals surface area contributed by atoms with Gasteiger partial charge in [0.15, 0.2) is 17.9 Å². The quantitative estimate of drug-likeness (QED) is 0.510. The highest BCUT2D eigenvalue weighted by Gasteiger charge is 2.35. The Labute approximate surface area is 189 Å². The van der Waals surface area contributed by atoms with E-state index < -0.39 is 12.1 Å². The van der Waals surface area contributed by atoms with Crippen molar-refractivity contribution in [2.75, 3.05) is 19.0 Å². The summed E-state index contributed by atoms with van der Waals surface area (Å²) in [5.74, 6) is 0.345. The number of para-hydroxylation sites is 2. The molecule has 0 bridgehead atoms. The predicted molar refractivity (Wildman–Crippen MR) is 122 cm³/mol. The molecule has 2 aromatic carbocycles. The molecular weight excluding hydrogens is 428 g/mol. The summed E-state index contributed by atoms with van der Waals surface area (Å²) < 4.78 is 10.7. The number of carbonyl (C=O) groups is 2. The molecule has 2 aliphatic heterocycles. The Hall–Kier alpha value is -3.59. The number of amidine groups is 1. The highest BCUT2D eigenvalue weighted by atomic mass is 32.2. The fraction of sp³-hybridized carbons (Fsp3) is 0.217. The van der Waals surface area contributed by atoms with E-state index in [1.807, 2.05) is 42.5 Å². The van der Waals surface area contributed by atoms with Crippen LogP contribution in [0.1, 0.15) is 18.7 Å². The van der Waals surface area contributed by atoms with Gasteiger partial charge in [-0.15, -0.1) is 11.7 Å². The van der Waals surface area contributed by atoms with Crippen molar-refractivity contribution in [1.29, 1.82) is 0 Å². The maximum Gasteiger partial charge on any atom is 0.344 e. The molecule has 0 saturated heterocycles. The van der Waals surface area contributed by atoms with Crippen LogP contribution in [0, 0.1) is 0 Å². The Kier molecular flexibility index (Phi) is 6.55. The van der Waals surface area contributed by atoms with Gasteiger partial charge in [0.1, 0.15) is 11.4 Å². The molecule has 2 aliphatic rings. The number of hydrazone groups is 1. The van der Waals surface area contributed by atoms with Crippen molar-refractivity contribution in [1.82, 2.24) is 10.3 Å². The fourth-order valence-electron chi connectivity index (χ4n) is 3.40. The maximum atomic E-state index is 13.1. The van der Waals surface area contributed by atoms with Crippen LogP contribution >= 0.6 is 11.8 Å². The number of fused-ring (bicyclic) bond motifs is 2. The van der Waals surface area contributed by atoms with Gasteiger partial charge in [-0.25, -0.2) is 9.80 Å². The first-order valence-electron chi connectivity index (χ1n) is 10.1. The zero-order valence-corrected chi connectivity index (χ0v) is 18.3. The van der Waals surface area contributed by atoms with Crippen LogP contribution in [-0.4, -0.2) is 41.0 Å². The molecule has 1 atom stereocenters. The number of ether oxygens (including phenoxy) is 2. The van der Waals surface area contributed by atoms with Gasteiger partial charge in [-0.3, -0.25) is 15.1 Å². The topological polar surface area (TPSA) is 92.6 Å². The zero-order chi connectivity index (χ0) is 22.5.